The third kappa shape index (κ3) is 5.87. The second-order valence-corrected chi connectivity index (χ2v) is 8.31. The molecular formula is C25H23N5O2S. The van der Waals surface area contributed by atoms with Crippen molar-refractivity contribution in [2.45, 2.75) is 11.2 Å². The maximum atomic E-state index is 13.0. The number of aryl methyl sites for hydroxylation is 1. The summed E-state index contributed by atoms with van der Waals surface area (Å²) in [6, 6.07) is 26.3. The molecule has 33 heavy (non-hydrogen) atoms. The average Bonchev–Trinajstić information content (AvgIpc) is 3.27. The van der Waals surface area contributed by atoms with Crippen LogP contribution in [0.25, 0.3) is 0 Å². The van der Waals surface area contributed by atoms with Gasteiger partial charge in [-0.1, -0.05) is 72.4 Å². The van der Waals surface area contributed by atoms with Gasteiger partial charge in [0.25, 0.3) is 5.91 Å². The van der Waals surface area contributed by atoms with Crippen molar-refractivity contribution < 1.29 is 9.59 Å². The second-order valence-electron chi connectivity index (χ2n) is 7.37. The van der Waals surface area contributed by atoms with E-state index in [0.29, 0.717) is 16.4 Å². The Labute approximate surface area is 196 Å². The van der Waals surface area contributed by atoms with Crippen LogP contribution in [0.2, 0.25) is 0 Å². The summed E-state index contributed by atoms with van der Waals surface area (Å²) in [7, 11) is 1.82. The highest BCUT2D eigenvalue weighted by atomic mass is 32.2. The zero-order valence-electron chi connectivity index (χ0n) is 18.0. The van der Waals surface area contributed by atoms with Gasteiger partial charge >= 0.3 is 0 Å². The highest BCUT2D eigenvalue weighted by Gasteiger charge is 2.17. The van der Waals surface area contributed by atoms with Crippen molar-refractivity contribution >= 4 is 29.3 Å². The van der Waals surface area contributed by atoms with Crippen molar-refractivity contribution in [1.29, 1.82) is 0 Å². The Balaban J connectivity index is 1.40. The molecule has 0 fully saturated rings. The van der Waals surface area contributed by atoms with Gasteiger partial charge in [0.05, 0.1) is 11.8 Å². The summed E-state index contributed by atoms with van der Waals surface area (Å²) in [6.45, 7) is 0. The molecule has 0 aliphatic carbocycles. The fourth-order valence-electron chi connectivity index (χ4n) is 3.30. The molecule has 0 bridgehead atoms. The van der Waals surface area contributed by atoms with Crippen molar-refractivity contribution in [3.8, 4) is 0 Å². The number of hydrogen-bond acceptors (Lipinski definition) is 5. The summed E-state index contributed by atoms with van der Waals surface area (Å²) in [5.74, 6) is -0.137. The Hall–Kier alpha value is -3.91. The van der Waals surface area contributed by atoms with E-state index in [2.05, 4.69) is 20.8 Å². The van der Waals surface area contributed by atoms with Gasteiger partial charge < -0.3 is 15.2 Å². The van der Waals surface area contributed by atoms with Crippen LogP contribution < -0.4 is 10.6 Å². The van der Waals surface area contributed by atoms with Gasteiger partial charge in [-0.3, -0.25) is 9.59 Å². The Morgan fingerprint density at radius 1 is 0.909 bits per heavy atom. The largest absolute Gasteiger partial charge is 0.341 e. The van der Waals surface area contributed by atoms with Crippen LogP contribution in [0.1, 0.15) is 27.5 Å². The van der Waals surface area contributed by atoms with Crippen LogP contribution in [0.5, 0.6) is 0 Å². The van der Waals surface area contributed by atoms with Crippen molar-refractivity contribution in [1.82, 2.24) is 20.1 Å². The topological polar surface area (TPSA) is 88.9 Å². The summed E-state index contributed by atoms with van der Waals surface area (Å²) < 4.78 is 1.75. The van der Waals surface area contributed by atoms with Gasteiger partial charge in [-0.15, -0.1) is 10.2 Å². The van der Waals surface area contributed by atoms with E-state index in [4.69, 9.17) is 0 Å². The van der Waals surface area contributed by atoms with E-state index in [1.165, 1.54) is 11.8 Å². The molecule has 0 saturated heterocycles. The minimum atomic E-state index is -0.267. The summed E-state index contributed by atoms with van der Waals surface area (Å²) >= 11 is 1.30. The first-order chi connectivity index (χ1) is 16.1. The number of carbonyl (C=O) groups excluding carboxylic acids is 2. The van der Waals surface area contributed by atoms with Crippen molar-refractivity contribution in [3.63, 3.8) is 0 Å². The van der Waals surface area contributed by atoms with Crippen LogP contribution in [0.3, 0.4) is 0 Å². The lowest BCUT2D eigenvalue weighted by molar-refractivity contribution is -0.113. The van der Waals surface area contributed by atoms with Gasteiger partial charge in [0.1, 0.15) is 6.33 Å². The Morgan fingerprint density at radius 3 is 2.06 bits per heavy atom. The Kier molecular flexibility index (Phi) is 7.16. The van der Waals surface area contributed by atoms with Gasteiger partial charge in [-0.25, -0.2) is 0 Å². The maximum Gasteiger partial charge on any atom is 0.252 e. The van der Waals surface area contributed by atoms with Crippen molar-refractivity contribution in [2.24, 2.45) is 7.05 Å². The zero-order valence-corrected chi connectivity index (χ0v) is 18.8. The lowest BCUT2D eigenvalue weighted by atomic mass is 9.98. The van der Waals surface area contributed by atoms with Crippen LogP contribution in [0.4, 0.5) is 5.69 Å². The van der Waals surface area contributed by atoms with E-state index < -0.39 is 0 Å². The number of hydrogen-bond donors (Lipinski definition) is 2. The van der Waals surface area contributed by atoms with E-state index in [1.807, 2.05) is 67.7 Å². The number of rotatable bonds is 8. The minimum absolute atomic E-state index is 0.159. The SMILES string of the molecule is Cn1cnnc1SCC(=O)Nc1ccc(C(=O)NC(c2ccccc2)c2ccccc2)cc1. The molecule has 0 radical (unpaired) electrons. The predicted molar refractivity (Wildman–Crippen MR) is 129 cm³/mol. The number of benzene rings is 3. The number of aromatic nitrogens is 3. The van der Waals surface area contributed by atoms with Gasteiger partial charge in [-0.05, 0) is 35.4 Å². The van der Waals surface area contributed by atoms with Gasteiger partial charge in [0, 0.05) is 18.3 Å². The summed E-state index contributed by atoms with van der Waals surface area (Å²) in [6.07, 6.45) is 1.59. The first kappa shape index (κ1) is 22.3. The van der Waals surface area contributed by atoms with Gasteiger partial charge in [-0.2, -0.15) is 0 Å². The fraction of sp³-hybridized carbons (Fsp3) is 0.120. The fourth-order valence-corrected chi connectivity index (χ4v) is 3.99. The molecular weight excluding hydrogens is 434 g/mol. The Morgan fingerprint density at radius 2 is 1.52 bits per heavy atom. The van der Waals surface area contributed by atoms with Crippen LogP contribution >= 0.6 is 11.8 Å². The monoisotopic (exact) mass is 457 g/mol. The second kappa shape index (κ2) is 10.6. The molecule has 0 aliphatic heterocycles. The van der Waals surface area contributed by atoms with Crippen LogP contribution in [-0.2, 0) is 11.8 Å². The molecule has 0 unspecified atom stereocenters. The maximum absolute atomic E-state index is 13.0. The summed E-state index contributed by atoms with van der Waals surface area (Å²) in [5.41, 5.74) is 3.14. The molecule has 166 valence electrons. The number of anilines is 1. The molecule has 0 aliphatic rings. The number of amides is 2. The predicted octanol–water partition coefficient (Wildman–Crippen LogP) is 4.07. The molecule has 4 rings (SSSR count). The first-order valence-electron chi connectivity index (χ1n) is 10.4. The molecule has 0 spiro atoms. The molecule has 1 aromatic heterocycles. The molecule has 1 heterocycles. The number of nitrogens with one attached hydrogen (secondary N) is 2. The van der Waals surface area contributed by atoms with Crippen LogP contribution in [-0.4, -0.2) is 32.3 Å². The van der Waals surface area contributed by atoms with E-state index in [-0.39, 0.29) is 23.6 Å². The van der Waals surface area contributed by atoms with Crippen molar-refractivity contribution in [3.05, 3.63) is 108 Å². The lowest BCUT2D eigenvalue weighted by Crippen LogP contribution is -2.29. The van der Waals surface area contributed by atoms with Crippen LogP contribution in [0.15, 0.2) is 96.4 Å². The van der Waals surface area contributed by atoms with Crippen LogP contribution in [0, 0.1) is 0 Å². The lowest BCUT2D eigenvalue weighted by Gasteiger charge is -2.20. The van der Waals surface area contributed by atoms with E-state index in [1.54, 1.807) is 35.2 Å². The molecule has 3 aromatic carbocycles. The minimum Gasteiger partial charge on any atom is -0.341 e. The standard InChI is InChI=1S/C25H23N5O2S/c1-30-17-26-29-25(30)33-16-22(31)27-21-14-12-20(13-15-21)24(32)28-23(18-8-4-2-5-9-18)19-10-6-3-7-11-19/h2-15,17,23H,16H2,1H3,(H,27,31)(H,28,32). The smallest absolute Gasteiger partial charge is 0.252 e. The van der Waals surface area contributed by atoms with E-state index in [0.717, 1.165) is 11.1 Å². The normalized spacial score (nSPS) is 10.7. The Bertz CT molecular complexity index is 1170. The molecule has 0 saturated carbocycles. The van der Waals surface area contributed by atoms with E-state index >= 15 is 0 Å². The van der Waals surface area contributed by atoms with Gasteiger partial charge in [0.15, 0.2) is 5.16 Å². The molecule has 4 aromatic rings. The van der Waals surface area contributed by atoms with Crippen molar-refractivity contribution in [2.75, 3.05) is 11.1 Å². The molecule has 0 atom stereocenters. The summed E-state index contributed by atoms with van der Waals surface area (Å²) in [4.78, 5) is 25.2. The number of carbonyl (C=O) groups is 2. The highest BCUT2D eigenvalue weighted by molar-refractivity contribution is 7.99. The number of nitrogens with zero attached hydrogens (tertiary/aromatic N) is 3. The molecule has 2 amide bonds. The van der Waals surface area contributed by atoms with Gasteiger partial charge in [0.2, 0.25) is 5.91 Å². The quantitative estimate of drug-likeness (QED) is 0.390. The molecule has 8 heteroatoms. The summed E-state index contributed by atoms with van der Waals surface area (Å²) in [5, 5.41) is 14.4. The average molecular weight is 458 g/mol. The third-order valence-corrected chi connectivity index (χ3v) is 6.01. The first-order valence-corrected chi connectivity index (χ1v) is 11.4. The third-order valence-electron chi connectivity index (χ3n) is 4.97. The highest BCUT2D eigenvalue weighted by Crippen LogP contribution is 2.23. The number of thioether (sulfide) groups is 1. The van der Waals surface area contributed by atoms with E-state index in [9.17, 15) is 9.59 Å². The molecule has 2 N–H and O–H groups in total. The molecule has 7 nitrogen and oxygen atoms in total. The zero-order chi connectivity index (χ0) is 23.0.